The molecular weight excluding hydrogens is 348 g/mol. The summed E-state index contributed by atoms with van der Waals surface area (Å²) in [5, 5.41) is 3.54. The Morgan fingerprint density at radius 2 is 1.85 bits per heavy atom. The minimum absolute atomic E-state index is 0.0570. The molecule has 2 unspecified atom stereocenters. The van der Waals surface area contributed by atoms with Crippen molar-refractivity contribution in [3.63, 3.8) is 0 Å². The molecule has 1 aliphatic carbocycles. The first-order valence-electron chi connectivity index (χ1n) is 9.84. The van der Waals surface area contributed by atoms with Gasteiger partial charge in [0.15, 0.2) is 0 Å². The van der Waals surface area contributed by atoms with Crippen LogP contribution in [0.4, 0.5) is 0 Å². The lowest BCUT2D eigenvalue weighted by atomic mass is 9.83. The Bertz CT molecular complexity index is 657. The summed E-state index contributed by atoms with van der Waals surface area (Å²) >= 11 is 0. The highest BCUT2D eigenvalue weighted by Crippen LogP contribution is 2.34. The Hall–Kier alpha value is -0.950. The number of benzene rings is 1. The molecule has 146 valence electrons. The Labute approximate surface area is 158 Å². The van der Waals surface area contributed by atoms with Gasteiger partial charge in [-0.2, -0.15) is 0 Å². The summed E-state index contributed by atoms with van der Waals surface area (Å²) in [6.45, 7) is 2.70. The van der Waals surface area contributed by atoms with Gasteiger partial charge in [-0.05, 0) is 50.0 Å². The van der Waals surface area contributed by atoms with Crippen LogP contribution in [0.25, 0.3) is 0 Å². The maximum absolute atomic E-state index is 11.6. The fourth-order valence-corrected chi connectivity index (χ4v) is 5.15. The first-order valence-corrected chi connectivity index (χ1v) is 11.7. The smallest absolute Gasteiger partial charge is 0.209 e. The highest BCUT2D eigenvalue weighted by molar-refractivity contribution is 7.88. The first-order chi connectivity index (χ1) is 12.4. The van der Waals surface area contributed by atoms with Gasteiger partial charge in [-0.1, -0.05) is 37.3 Å². The van der Waals surface area contributed by atoms with Crippen LogP contribution >= 0.6 is 0 Å². The lowest BCUT2D eigenvalue weighted by Gasteiger charge is -2.30. The third-order valence-electron chi connectivity index (χ3n) is 5.79. The quantitative estimate of drug-likeness (QED) is 0.763. The van der Waals surface area contributed by atoms with Gasteiger partial charge in [0.1, 0.15) is 0 Å². The molecule has 1 aromatic carbocycles. The van der Waals surface area contributed by atoms with E-state index in [0.717, 1.165) is 38.5 Å². The normalized spacial score (nSPS) is 32.6. The number of hydrogen-bond donors (Lipinski definition) is 2. The van der Waals surface area contributed by atoms with Gasteiger partial charge < -0.3 is 10.1 Å². The Balaban J connectivity index is 1.47. The van der Waals surface area contributed by atoms with E-state index in [0.29, 0.717) is 18.6 Å². The van der Waals surface area contributed by atoms with Crippen LogP contribution in [-0.4, -0.2) is 45.5 Å². The Morgan fingerprint density at radius 3 is 2.46 bits per heavy atom. The molecule has 2 fully saturated rings. The van der Waals surface area contributed by atoms with Crippen molar-refractivity contribution in [2.75, 3.05) is 12.9 Å². The van der Waals surface area contributed by atoms with Gasteiger partial charge in [0, 0.05) is 18.1 Å². The van der Waals surface area contributed by atoms with E-state index in [9.17, 15) is 8.42 Å². The summed E-state index contributed by atoms with van der Waals surface area (Å²) in [4.78, 5) is 0. The molecule has 26 heavy (non-hydrogen) atoms. The zero-order chi connectivity index (χ0) is 18.6. The zero-order valence-corrected chi connectivity index (χ0v) is 16.7. The van der Waals surface area contributed by atoms with Crippen molar-refractivity contribution in [1.82, 2.24) is 10.0 Å². The highest BCUT2D eigenvalue weighted by atomic mass is 32.2. The molecule has 6 heteroatoms. The van der Waals surface area contributed by atoms with Crippen LogP contribution in [0.1, 0.15) is 56.9 Å². The van der Waals surface area contributed by atoms with E-state index in [-0.39, 0.29) is 18.2 Å². The number of rotatable bonds is 7. The summed E-state index contributed by atoms with van der Waals surface area (Å²) < 4.78 is 32.2. The van der Waals surface area contributed by atoms with E-state index in [1.807, 2.05) is 0 Å². The summed E-state index contributed by atoms with van der Waals surface area (Å²) in [5.74, 6) is 0.643. The molecule has 2 N–H and O–H groups in total. The van der Waals surface area contributed by atoms with Crippen molar-refractivity contribution < 1.29 is 13.2 Å². The number of ether oxygens (including phenoxy) is 1. The minimum Gasteiger partial charge on any atom is -0.377 e. The van der Waals surface area contributed by atoms with Crippen LogP contribution in [-0.2, 0) is 14.8 Å². The molecule has 0 spiro atoms. The molecule has 1 saturated carbocycles. The number of hydrogen-bond acceptors (Lipinski definition) is 4. The van der Waals surface area contributed by atoms with Crippen molar-refractivity contribution in [2.24, 2.45) is 0 Å². The third kappa shape index (κ3) is 5.52. The van der Waals surface area contributed by atoms with E-state index in [2.05, 4.69) is 47.3 Å². The van der Waals surface area contributed by atoms with Crippen molar-refractivity contribution in [3.05, 3.63) is 35.9 Å². The monoisotopic (exact) mass is 380 g/mol. The molecule has 1 aromatic rings. The second kappa shape index (κ2) is 8.83. The van der Waals surface area contributed by atoms with E-state index in [1.165, 1.54) is 11.8 Å². The van der Waals surface area contributed by atoms with E-state index in [4.69, 9.17) is 4.74 Å². The Morgan fingerprint density at radius 1 is 1.15 bits per heavy atom. The van der Waals surface area contributed by atoms with Gasteiger partial charge in [-0.15, -0.1) is 0 Å². The maximum atomic E-state index is 11.6. The van der Waals surface area contributed by atoms with Crippen LogP contribution in [0.5, 0.6) is 0 Å². The average Bonchev–Trinajstić information content (AvgIpc) is 3.01. The molecular formula is C20H32N2O3S. The minimum atomic E-state index is -3.20. The molecule has 1 heterocycles. The molecule has 0 amide bonds. The molecule has 3 rings (SSSR count). The summed E-state index contributed by atoms with van der Waals surface area (Å²) in [6.07, 6.45) is 7.83. The lowest BCUT2D eigenvalue weighted by molar-refractivity contribution is 0.0121. The van der Waals surface area contributed by atoms with Crippen LogP contribution in [0.15, 0.2) is 30.3 Å². The van der Waals surface area contributed by atoms with Crippen molar-refractivity contribution in [3.8, 4) is 0 Å². The largest absolute Gasteiger partial charge is 0.377 e. The summed E-state index contributed by atoms with van der Waals surface area (Å²) in [5.41, 5.74) is 1.44. The molecule has 3 atom stereocenters. The number of sulfonamides is 1. The predicted molar refractivity (Wildman–Crippen MR) is 105 cm³/mol. The summed E-state index contributed by atoms with van der Waals surface area (Å²) in [7, 11) is -3.20. The van der Waals surface area contributed by atoms with Crippen molar-refractivity contribution >= 4 is 10.0 Å². The molecule has 5 nitrogen and oxygen atoms in total. The topological polar surface area (TPSA) is 67.4 Å². The molecule has 1 aliphatic heterocycles. The summed E-state index contributed by atoms with van der Waals surface area (Å²) in [6, 6.07) is 11.1. The van der Waals surface area contributed by atoms with Crippen molar-refractivity contribution in [2.45, 2.75) is 75.6 Å². The average molecular weight is 381 g/mol. The van der Waals surface area contributed by atoms with E-state index < -0.39 is 10.0 Å². The van der Waals surface area contributed by atoms with E-state index >= 15 is 0 Å². The van der Waals surface area contributed by atoms with Gasteiger partial charge in [0.05, 0.1) is 19.0 Å². The van der Waals surface area contributed by atoms with Crippen molar-refractivity contribution in [1.29, 1.82) is 0 Å². The zero-order valence-electron chi connectivity index (χ0n) is 15.9. The van der Waals surface area contributed by atoms with Gasteiger partial charge in [-0.3, -0.25) is 0 Å². The maximum Gasteiger partial charge on any atom is 0.209 e. The van der Waals surface area contributed by atoms with Gasteiger partial charge in [-0.25, -0.2) is 13.1 Å². The SMILES string of the molecule is CCC1C[C@H](NS(C)(=O)=O)C(COC2CCC(c3ccccc3)CC2)N1. The number of nitrogens with one attached hydrogen (secondary N) is 2. The highest BCUT2D eigenvalue weighted by Gasteiger charge is 2.35. The van der Waals surface area contributed by atoms with Gasteiger partial charge in [0.25, 0.3) is 0 Å². The van der Waals surface area contributed by atoms with Crippen LogP contribution in [0.2, 0.25) is 0 Å². The molecule has 0 aromatic heterocycles. The Kier molecular flexibility index (Phi) is 6.72. The van der Waals surface area contributed by atoms with E-state index in [1.54, 1.807) is 0 Å². The van der Waals surface area contributed by atoms with Gasteiger partial charge in [0.2, 0.25) is 10.0 Å². The molecule has 1 saturated heterocycles. The van der Waals surface area contributed by atoms with Crippen LogP contribution in [0.3, 0.4) is 0 Å². The molecule has 0 bridgehead atoms. The fourth-order valence-electron chi connectivity index (χ4n) is 4.34. The first kappa shape index (κ1) is 19.8. The van der Waals surface area contributed by atoms with Crippen LogP contribution in [0, 0.1) is 0 Å². The second-order valence-electron chi connectivity index (χ2n) is 7.83. The van der Waals surface area contributed by atoms with Gasteiger partial charge >= 0.3 is 0 Å². The molecule has 0 radical (unpaired) electrons. The standard InChI is InChI=1S/C20H32N2O3S/c1-3-17-13-19(22-26(2,23)24)20(21-17)14-25-18-11-9-16(10-12-18)15-7-5-4-6-8-15/h4-8,16-22H,3,9-14H2,1-2H3/t16?,17?,18?,19-,20?/m0/s1. The van der Waals surface area contributed by atoms with Crippen LogP contribution < -0.4 is 10.0 Å². The predicted octanol–water partition coefficient (Wildman–Crippen LogP) is 2.79. The fraction of sp³-hybridized carbons (Fsp3) is 0.700. The second-order valence-corrected chi connectivity index (χ2v) is 9.61. The third-order valence-corrected chi connectivity index (χ3v) is 6.52. The molecule has 2 aliphatic rings. The lowest BCUT2D eigenvalue weighted by Crippen LogP contribution is -2.46.